The van der Waals surface area contributed by atoms with E-state index in [1.54, 1.807) is 0 Å². The summed E-state index contributed by atoms with van der Waals surface area (Å²) < 4.78 is 0. The van der Waals surface area contributed by atoms with Gasteiger partial charge in [0.05, 0.1) is 0 Å². The minimum Gasteiger partial charge on any atom is -0.480 e. The number of nitrogens with one attached hydrogen (secondary N) is 1. The zero-order valence-electron chi connectivity index (χ0n) is 4.60. The number of anilines is 1. The first kappa shape index (κ1) is 8.09. The summed E-state index contributed by atoms with van der Waals surface area (Å²) in [6, 6.07) is 1.83. The van der Waals surface area contributed by atoms with E-state index in [1.807, 2.05) is 13.0 Å². The maximum atomic E-state index is 5.29. The van der Waals surface area contributed by atoms with Gasteiger partial charge < -0.3 is 10.7 Å². The van der Waals surface area contributed by atoms with Crippen molar-refractivity contribution >= 4 is 5.69 Å². The second-order valence-electron chi connectivity index (χ2n) is 1.53. The Morgan fingerprint density at radius 3 is 2.50 bits per heavy atom. The maximum absolute atomic E-state index is 5.29. The number of nitrogens with two attached hydrogens (primary N) is 1. The Hall–Kier alpha value is 0.0930. The molecule has 2 nitrogen and oxygen atoms in total. The fourth-order valence-electron chi connectivity index (χ4n) is 0.476. The molecule has 3 N–H and O–H groups in total. The monoisotopic (exact) mass is 331 g/mol. The van der Waals surface area contributed by atoms with Gasteiger partial charge in [-0.15, -0.1) is 5.69 Å². The van der Waals surface area contributed by atoms with Crippen LogP contribution in [0.2, 0.25) is 0 Å². The molecule has 1 radical (unpaired) electrons. The van der Waals surface area contributed by atoms with Gasteiger partial charge in [0.1, 0.15) is 0 Å². The molecule has 1 aromatic rings. The van der Waals surface area contributed by atoms with Crippen LogP contribution in [-0.4, -0.2) is 4.98 Å². The van der Waals surface area contributed by atoms with Gasteiger partial charge in [-0.3, -0.25) is 0 Å². The Bertz CT molecular complexity index is 143. The normalized spacial score (nSPS) is 8.12. The summed E-state index contributed by atoms with van der Waals surface area (Å²) in [4.78, 5) is 2.82. The van der Waals surface area contributed by atoms with Gasteiger partial charge in [0.15, 0.2) is 0 Å². The van der Waals surface area contributed by atoms with Gasteiger partial charge in [0.25, 0.3) is 0 Å². The maximum Gasteiger partial charge on any atom is 0 e. The first-order valence-electron chi connectivity index (χ1n) is 2.12. The van der Waals surface area contributed by atoms with Crippen LogP contribution in [-0.2, 0) is 0 Å². The van der Waals surface area contributed by atoms with E-state index in [0.717, 1.165) is 5.69 Å². The van der Waals surface area contributed by atoms with Gasteiger partial charge >= 0.3 is 0 Å². The minimum absolute atomic E-state index is 0. The van der Waals surface area contributed by atoms with Gasteiger partial charge in [0, 0.05) is 29.9 Å². The smallest absolute Gasteiger partial charge is 0 e. The largest absolute Gasteiger partial charge is 0.480 e. The number of rotatable bonds is 0. The second-order valence-corrected chi connectivity index (χ2v) is 1.53. The fraction of sp³-hybridized carbons (Fsp3) is 0.200. The molecule has 3 heteroatoms. The third kappa shape index (κ3) is 1.91. The van der Waals surface area contributed by atoms with Crippen LogP contribution < -0.4 is 5.73 Å². The zero-order chi connectivity index (χ0) is 5.28. The summed E-state index contributed by atoms with van der Waals surface area (Å²) in [6.45, 7) is 1.94. The van der Waals surface area contributed by atoms with Gasteiger partial charge in [-0.2, -0.15) is 6.07 Å². The van der Waals surface area contributed by atoms with E-state index in [4.69, 9.17) is 5.73 Å². The molecule has 0 aliphatic carbocycles. The SMILES string of the molecule is Cc1cc(N)[c-][nH]1.[Np]. The molecule has 0 saturated carbocycles. The van der Waals surface area contributed by atoms with Crippen LogP contribution in [0, 0.1) is 43.1 Å². The number of aromatic amines is 1. The van der Waals surface area contributed by atoms with Crippen LogP contribution in [0.3, 0.4) is 0 Å². The van der Waals surface area contributed by atoms with Crippen molar-refractivity contribution in [2.75, 3.05) is 5.73 Å². The average molecular weight is 332 g/mol. The summed E-state index contributed by atoms with van der Waals surface area (Å²) in [5, 5.41) is 0. The molecule has 0 spiro atoms. The molecular formula is C5H7N2Np-. The summed E-state index contributed by atoms with van der Waals surface area (Å²) in [5.74, 6) is 0. The van der Waals surface area contributed by atoms with E-state index in [-0.39, 0.29) is 29.9 Å². The van der Waals surface area contributed by atoms with Crippen molar-refractivity contribution in [3.63, 3.8) is 0 Å². The quantitative estimate of drug-likeness (QED) is 0.675. The van der Waals surface area contributed by atoms with E-state index < -0.39 is 0 Å². The molecule has 1 rings (SSSR count). The molecule has 0 atom stereocenters. The van der Waals surface area contributed by atoms with Crippen molar-refractivity contribution < 1.29 is 29.9 Å². The summed E-state index contributed by atoms with van der Waals surface area (Å²) in [5.41, 5.74) is 7.02. The van der Waals surface area contributed by atoms with Crippen molar-refractivity contribution in [1.29, 1.82) is 0 Å². The molecule has 0 aromatic carbocycles. The average Bonchev–Trinajstić information content (AvgIpc) is 1.87. The molecule has 8 heavy (non-hydrogen) atoms. The van der Waals surface area contributed by atoms with Crippen LogP contribution >= 0.6 is 0 Å². The van der Waals surface area contributed by atoms with E-state index in [1.165, 1.54) is 0 Å². The molecule has 0 unspecified atom stereocenters. The Balaban J connectivity index is 0.000000490. The third-order valence-electron chi connectivity index (χ3n) is 0.776. The summed E-state index contributed by atoms with van der Waals surface area (Å²) in [6.07, 6.45) is 2.72. The van der Waals surface area contributed by atoms with E-state index in [2.05, 4.69) is 11.2 Å². The molecular weight excluding hydrogens is 325 g/mol. The topological polar surface area (TPSA) is 41.8 Å². The molecule has 0 saturated heterocycles. The van der Waals surface area contributed by atoms with Gasteiger partial charge in [-0.1, -0.05) is 18.8 Å². The van der Waals surface area contributed by atoms with E-state index in [9.17, 15) is 0 Å². The van der Waals surface area contributed by atoms with Crippen molar-refractivity contribution in [3.8, 4) is 0 Å². The number of aryl methyl sites for hydroxylation is 1. The number of hydrogen-bond acceptors (Lipinski definition) is 1. The van der Waals surface area contributed by atoms with Crippen molar-refractivity contribution in [1.82, 2.24) is 4.98 Å². The van der Waals surface area contributed by atoms with Crippen LogP contribution in [0.15, 0.2) is 6.07 Å². The number of nitrogen functional groups attached to an aromatic ring is 1. The Kier molecular flexibility index (Phi) is 3.22. The predicted octanol–water partition coefficient (Wildman–Crippen LogP) is 0.706. The Morgan fingerprint density at radius 2 is 2.38 bits per heavy atom. The predicted molar refractivity (Wildman–Crippen MR) is 28.8 cm³/mol. The number of hydrogen-bond donors (Lipinski definition) is 2. The van der Waals surface area contributed by atoms with Crippen molar-refractivity contribution in [2.24, 2.45) is 0 Å². The van der Waals surface area contributed by atoms with Crippen LogP contribution in [0.1, 0.15) is 5.69 Å². The fourth-order valence-corrected chi connectivity index (χ4v) is 0.476. The zero-order valence-corrected chi connectivity index (χ0v) is 8.33. The molecule has 1 aromatic heterocycles. The molecule has 43 valence electrons. The summed E-state index contributed by atoms with van der Waals surface area (Å²) >= 11 is 0. The van der Waals surface area contributed by atoms with Crippen molar-refractivity contribution in [3.05, 3.63) is 18.0 Å². The third-order valence-corrected chi connectivity index (χ3v) is 0.776. The number of H-pyrrole nitrogens is 1. The Morgan fingerprint density at radius 1 is 1.75 bits per heavy atom. The second kappa shape index (κ2) is 3.18. The van der Waals surface area contributed by atoms with Gasteiger partial charge in [0.2, 0.25) is 0 Å². The van der Waals surface area contributed by atoms with E-state index in [0.29, 0.717) is 5.69 Å². The molecule has 0 aliphatic rings. The van der Waals surface area contributed by atoms with Gasteiger partial charge in [-0.05, 0) is 0 Å². The van der Waals surface area contributed by atoms with E-state index >= 15 is 0 Å². The molecule has 0 aliphatic heterocycles. The van der Waals surface area contributed by atoms with Crippen molar-refractivity contribution in [2.45, 2.75) is 6.92 Å². The van der Waals surface area contributed by atoms with Crippen LogP contribution in [0.25, 0.3) is 0 Å². The molecule has 1 heterocycles. The first-order chi connectivity index (χ1) is 3.29. The molecule has 0 fully saturated rings. The summed E-state index contributed by atoms with van der Waals surface area (Å²) in [7, 11) is 0. The van der Waals surface area contributed by atoms with Gasteiger partial charge in [-0.25, -0.2) is 0 Å². The Labute approximate surface area is 71.1 Å². The molecule has 0 amide bonds. The van der Waals surface area contributed by atoms with Crippen LogP contribution in [0.4, 0.5) is 5.69 Å². The standard InChI is InChI=1S/C5H7N2.Np/c1-4-2-5(6)3-7-4;/h2,7H,6H2,1H3;/q-1;. The van der Waals surface area contributed by atoms with Crippen LogP contribution in [0.5, 0.6) is 0 Å². The first-order valence-corrected chi connectivity index (χ1v) is 2.12. The number of aromatic nitrogens is 1. The minimum atomic E-state index is 0. The molecule has 0 bridgehead atoms.